The van der Waals surface area contributed by atoms with Gasteiger partial charge in [0.25, 0.3) is 0 Å². The first-order valence-corrected chi connectivity index (χ1v) is 2.78. The highest BCUT2D eigenvalue weighted by Gasteiger charge is 2.23. The molecule has 0 amide bonds. The van der Waals surface area contributed by atoms with E-state index in [2.05, 4.69) is 23.9 Å². The maximum atomic E-state index is 10.4. The van der Waals surface area contributed by atoms with Crippen LogP contribution in [0.4, 0.5) is 0 Å². The van der Waals surface area contributed by atoms with Crippen LogP contribution in [0.2, 0.25) is 0 Å². The van der Waals surface area contributed by atoms with Gasteiger partial charge in [-0.15, -0.1) is 12.6 Å². The number of rotatable bonds is 0. The molecule has 0 spiro atoms. The van der Waals surface area contributed by atoms with Crippen molar-refractivity contribution in [3.8, 4) is 0 Å². The van der Waals surface area contributed by atoms with Crippen LogP contribution >= 0.6 is 12.6 Å². The first-order valence-electron chi connectivity index (χ1n) is 2.27. The van der Waals surface area contributed by atoms with Crippen molar-refractivity contribution in [2.75, 3.05) is 0 Å². The highest BCUT2D eigenvalue weighted by molar-refractivity contribution is 7.80. The van der Waals surface area contributed by atoms with Crippen molar-refractivity contribution in [3.05, 3.63) is 12.2 Å². The number of ether oxygens (including phenoxy) is 1. The predicted molar refractivity (Wildman–Crippen MR) is 32.6 cm³/mol. The van der Waals surface area contributed by atoms with Crippen LogP contribution in [-0.4, -0.2) is 11.4 Å². The van der Waals surface area contributed by atoms with E-state index in [1.165, 1.54) is 0 Å². The van der Waals surface area contributed by atoms with Crippen molar-refractivity contribution in [2.45, 2.75) is 11.9 Å². The van der Waals surface area contributed by atoms with Crippen LogP contribution < -0.4 is 0 Å². The molecule has 1 saturated heterocycles. The molecule has 3 heteroatoms. The number of cyclic esters (lactones) is 1. The average molecular weight is 130 g/mol. The molecule has 0 bridgehead atoms. The fourth-order valence-electron chi connectivity index (χ4n) is 0.543. The van der Waals surface area contributed by atoms with Crippen molar-refractivity contribution < 1.29 is 9.53 Å². The van der Waals surface area contributed by atoms with Gasteiger partial charge >= 0.3 is 5.97 Å². The van der Waals surface area contributed by atoms with Crippen LogP contribution in [0, 0.1) is 0 Å². The Morgan fingerprint density at radius 2 is 2.50 bits per heavy atom. The minimum Gasteiger partial charge on any atom is -0.448 e. The Hall–Kier alpha value is -0.440. The predicted octanol–water partition coefficient (Wildman–Crippen LogP) is 0.745. The summed E-state index contributed by atoms with van der Waals surface area (Å²) in [6.07, 6.45) is 0.557. The van der Waals surface area contributed by atoms with E-state index in [0.29, 0.717) is 12.0 Å². The zero-order valence-corrected chi connectivity index (χ0v) is 5.15. The Balaban J connectivity index is 2.64. The van der Waals surface area contributed by atoms with Crippen molar-refractivity contribution in [1.29, 1.82) is 0 Å². The van der Waals surface area contributed by atoms with E-state index in [1.807, 2.05) is 0 Å². The summed E-state index contributed by atoms with van der Waals surface area (Å²) in [4.78, 5) is 10.4. The van der Waals surface area contributed by atoms with Gasteiger partial charge in [-0.25, -0.2) is 4.79 Å². The monoisotopic (exact) mass is 130 g/mol. The lowest BCUT2D eigenvalue weighted by molar-refractivity contribution is -0.136. The van der Waals surface area contributed by atoms with E-state index in [4.69, 9.17) is 0 Å². The van der Waals surface area contributed by atoms with Crippen LogP contribution in [0.25, 0.3) is 0 Å². The van der Waals surface area contributed by atoms with Gasteiger partial charge in [-0.1, -0.05) is 6.58 Å². The van der Waals surface area contributed by atoms with Gasteiger partial charge in [0.1, 0.15) is 5.44 Å². The molecule has 1 aliphatic heterocycles. The minimum atomic E-state index is -0.315. The molecule has 8 heavy (non-hydrogen) atoms. The maximum absolute atomic E-state index is 10.4. The van der Waals surface area contributed by atoms with Gasteiger partial charge < -0.3 is 4.74 Å². The van der Waals surface area contributed by atoms with Crippen molar-refractivity contribution in [1.82, 2.24) is 0 Å². The Kier molecular flexibility index (Phi) is 1.29. The molecule has 1 heterocycles. The van der Waals surface area contributed by atoms with Crippen LogP contribution in [0.3, 0.4) is 0 Å². The van der Waals surface area contributed by atoms with Crippen LogP contribution in [0.1, 0.15) is 6.42 Å². The quantitative estimate of drug-likeness (QED) is 0.297. The second-order valence-electron chi connectivity index (χ2n) is 1.67. The van der Waals surface area contributed by atoms with E-state index >= 15 is 0 Å². The van der Waals surface area contributed by atoms with Gasteiger partial charge in [-0.2, -0.15) is 0 Å². The third kappa shape index (κ3) is 0.865. The van der Waals surface area contributed by atoms with Crippen molar-refractivity contribution >= 4 is 18.6 Å². The number of hydrogen-bond acceptors (Lipinski definition) is 3. The summed E-state index contributed by atoms with van der Waals surface area (Å²) >= 11 is 3.91. The number of carbonyl (C=O) groups is 1. The van der Waals surface area contributed by atoms with Gasteiger partial charge in [0.2, 0.25) is 0 Å². The number of carbonyl (C=O) groups excluding carboxylic acids is 1. The molecule has 0 aromatic heterocycles. The van der Waals surface area contributed by atoms with Crippen molar-refractivity contribution in [3.63, 3.8) is 0 Å². The first kappa shape index (κ1) is 5.69. The Bertz CT molecular complexity index is 125. The molecule has 0 aliphatic carbocycles. The largest absolute Gasteiger partial charge is 0.448 e. The van der Waals surface area contributed by atoms with Crippen LogP contribution in [0.5, 0.6) is 0 Å². The standard InChI is InChI=1S/C5H6O2S/c1-3-2-4(8)7-5(3)6/h4,8H,1-2H2. The molecule has 0 radical (unpaired) electrons. The smallest absolute Gasteiger partial charge is 0.334 e. The number of thiol groups is 1. The fourth-order valence-corrected chi connectivity index (χ4v) is 0.859. The minimum absolute atomic E-state index is 0.255. The molecule has 0 aromatic carbocycles. The second-order valence-corrected chi connectivity index (χ2v) is 2.24. The summed E-state index contributed by atoms with van der Waals surface area (Å²) in [7, 11) is 0. The van der Waals surface area contributed by atoms with Crippen LogP contribution in [-0.2, 0) is 9.53 Å². The lowest BCUT2D eigenvalue weighted by Gasteiger charge is -1.93. The second kappa shape index (κ2) is 1.82. The van der Waals surface area contributed by atoms with E-state index in [9.17, 15) is 4.79 Å². The number of esters is 1. The normalized spacial score (nSPS) is 28.4. The fraction of sp³-hybridized carbons (Fsp3) is 0.400. The van der Waals surface area contributed by atoms with Gasteiger partial charge in [0.05, 0.1) is 0 Å². The van der Waals surface area contributed by atoms with E-state index in [-0.39, 0.29) is 11.4 Å². The Morgan fingerprint density at radius 1 is 1.88 bits per heavy atom. The molecule has 1 unspecified atom stereocenters. The third-order valence-corrected chi connectivity index (χ3v) is 1.24. The van der Waals surface area contributed by atoms with Gasteiger partial charge in [0.15, 0.2) is 0 Å². The summed E-state index contributed by atoms with van der Waals surface area (Å²) in [5.74, 6) is -0.315. The highest BCUT2D eigenvalue weighted by Crippen LogP contribution is 2.20. The van der Waals surface area contributed by atoms with Crippen molar-refractivity contribution in [2.24, 2.45) is 0 Å². The molecule has 0 saturated carbocycles. The lowest BCUT2D eigenvalue weighted by atomic mass is 10.3. The average Bonchev–Trinajstić information content (AvgIpc) is 1.85. The summed E-state index contributed by atoms with van der Waals surface area (Å²) in [5, 5.41) is 0. The molecule has 1 rings (SSSR count). The van der Waals surface area contributed by atoms with Gasteiger partial charge in [-0.3, -0.25) is 0 Å². The van der Waals surface area contributed by atoms with E-state index < -0.39 is 0 Å². The summed E-state index contributed by atoms with van der Waals surface area (Å²) in [6, 6.07) is 0. The summed E-state index contributed by atoms with van der Waals surface area (Å²) in [5.41, 5.74) is 0.264. The SMILES string of the molecule is C=C1CC(S)OC1=O. The molecule has 0 N–H and O–H groups in total. The van der Waals surface area contributed by atoms with Crippen LogP contribution in [0.15, 0.2) is 12.2 Å². The van der Waals surface area contributed by atoms with Gasteiger partial charge in [0, 0.05) is 12.0 Å². The number of hydrogen-bond donors (Lipinski definition) is 1. The Labute approximate surface area is 52.9 Å². The molecule has 1 aliphatic rings. The third-order valence-electron chi connectivity index (χ3n) is 0.953. The molecule has 1 atom stereocenters. The molecule has 1 fully saturated rings. The maximum Gasteiger partial charge on any atom is 0.334 e. The molecule has 0 aromatic rings. The topological polar surface area (TPSA) is 26.3 Å². The van der Waals surface area contributed by atoms with E-state index in [1.54, 1.807) is 0 Å². The molecule has 44 valence electrons. The highest BCUT2D eigenvalue weighted by atomic mass is 32.1. The molecular weight excluding hydrogens is 124 g/mol. The van der Waals surface area contributed by atoms with E-state index in [0.717, 1.165) is 0 Å². The molecular formula is C5H6O2S. The zero-order valence-electron chi connectivity index (χ0n) is 4.26. The molecule has 2 nitrogen and oxygen atoms in total. The van der Waals surface area contributed by atoms with Gasteiger partial charge in [-0.05, 0) is 0 Å². The zero-order chi connectivity index (χ0) is 6.15. The first-order chi connectivity index (χ1) is 3.70. The lowest BCUT2D eigenvalue weighted by Crippen LogP contribution is -1.96. The summed E-state index contributed by atoms with van der Waals surface area (Å²) < 4.78 is 4.60. The Morgan fingerprint density at radius 3 is 2.62 bits per heavy atom. The summed E-state index contributed by atoms with van der Waals surface area (Å²) in [6.45, 7) is 3.46.